The number of ether oxygens (including phenoxy) is 1. The van der Waals surface area contributed by atoms with Crippen LogP contribution in [-0.2, 0) is 9.53 Å². The topological polar surface area (TPSA) is 63.6 Å². The first-order chi connectivity index (χ1) is 7.90. The monoisotopic (exact) mass is 236 g/mol. The van der Waals surface area contributed by atoms with Gasteiger partial charge in [-0.3, -0.25) is 4.79 Å². The number of hydrogen-bond acceptors (Lipinski definition) is 4. The Bertz CT molecular complexity index is 475. The van der Waals surface area contributed by atoms with Gasteiger partial charge in [0, 0.05) is 5.56 Å². The number of esters is 1. The van der Waals surface area contributed by atoms with E-state index in [4.69, 9.17) is 0 Å². The molecule has 0 amide bonds. The number of rotatable bonds is 3. The summed E-state index contributed by atoms with van der Waals surface area (Å²) >= 11 is 0. The van der Waals surface area contributed by atoms with Crippen LogP contribution < -0.4 is 0 Å². The van der Waals surface area contributed by atoms with Crippen LogP contribution >= 0.6 is 0 Å². The summed E-state index contributed by atoms with van der Waals surface area (Å²) in [4.78, 5) is 23.3. The summed E-state index contributed by atoms with van der Waals surface area (Å²) in [5, 5.41) is 9.60. The minimum absolute atomic E-state index is 0.125. The molecule has 0 aromatic heterocycles. The fourth-order valence-electron chi connectivity index (χ4n) is 1.71. The smallest absolute Gasteiger partial charge is 0.379 e. The van der Waals surface area contributed by atoms with Gasteiger partial charge in [-0.15, -0.1) is 0 Å². The third-order valence-corrected chi connectivity index (χ3v) is 2.76. The fourth-order valence-corrected chi connectivity index (χ4v) is 1.71. The second-order valence-electron chi connectivity index (χ2n) is 3.89. The largest absolute Gasteiger partial charge is 0.508 e. The summed E-state index contributed by atoms with van der Waals surface area (Å²) in [6, 6.07) is 1.48. The van der Waals surface area contributed by atoms with Crippen molar-refractivity contribution in [2.75, 3.05) is 6.61 Å². The number of benzene rings is 1. The average Bonchev–Trinajstić information content (AvgIpc) is 2.26. The molecule has 1 aromatic rings. The molecule has 4 heteroatoms. The summed E-state index contributed by atoms with van der Waals surface area (Å²) in [5.41, 5.74) is 2.10. The van der Waals surface area contributed by atoms with Crippen LogP contribution in [0.25, 0.3) is 0 Å². The van der Waals surface area contributed by atoms with Gasteiger partial charge in [-0.25, -0.2) is 4.79 Å². The summed E-state index contributed by atoms with van der Waals surface area (Å²) in [5.74, 6) is -1.39. The van der Waals surface area contributed by atoms with Gasteiger partial charge < -0.3 is 9.84 Å². The molecule has 1 rings (SSSR count). The third kappa shape index (κ3) is 2.46. The zero-order chi connectivity index (χ0) is 13.2. The van der Waals surface area contributed by atoms with Gasteiger partial charge in [-0.2, -0.15) is 0 Å². The SMILES string of the molecule is CCOC(=O)C(=O)c1c(C)cc(O)c(C)c1C. The standard InChI is InChI=1S/C13H16O4/c1-5-17-13(16)12(15)11-7(2)6-10(14)8(3)9(11)4/h6,14H,5H2,1-4H3. The molecule has 1 N–H and O–H groups in total. The van der Waals surface area contributed by atoms with Crippen molar-refractivity contribution in [2.24, 2.45) is 0 Å². The fraction of sp³-hybridized carbons (Fsp3) is 0.385. The molecule has 0 atom stereocenters. The first-order valence-corrected chi connectivity index (χ1v) is 5.41. The number of carbonyl (C=O) groups excluding carboxylic acids is 2. The number of aryl methyl sites for hydroxylation is 1. The van der Waals surface area contributed by atoms with Crippen molar-refractivity contribution < 1.29 is 19.4 Å². The Labute approximate surface area is 100 Å². The molecule has 0 unspecified atom stereocenters. The highest BCUT2D eigenvalue weighted by molar-refractivity contribution is 6.41. The molecule has 0 fully saturated rings. The van der Waals surface area contributed by atoms with Crippen LogP contribution in [0.15, 0.2) is 6.07 Å². The van der Waals surface area contributed by atoms with Crippen LogP contribution in [0.4, 0.5) is 0 Å². The van der Waals surface area contributed by atoms with Gasteiger partial charge in [0.05, 0.1) is 6.61 Å². The first kappa shape index (κ1) is 13.2. The van der Waals surface area contributed by atoms with E-state index in [1.807, 2.05) is 0 Å². The number of carbonyl (C=O) groups is 2. The van der Waals surface area contributed by atoms with E-state index in [0.717, 1.165) is 0 Å². The van der Waals surface area contributed by atoms with Crippen molar-refractivity contribution in [1.82, 2.24) is 0 Å². The maximum Gasteiger partial charge on any atom is 0.379 e. The molecule has 1 aromatic carbocycles. The van der Waals surface area contributed by atoms with E-state index in [0.29, 0.717) is 22.3 Å². The van der Waals surface area contributed by atoms with Gasteiger partial charge in [0.2, 0.25) is 0 Å². The number of hydrogen-bond donors (Lipinski definition) is 1. The molecule has 0 bridgehead atoms. The predicted octanol–water partition coefficient (Wildman–Crippen LogP) is 2.06. The Balaban J connectivity index is 3.28. The van der Waals surface area contributed by atoms with Crippen molar-refractivity contribution in [2.45, 2.75) is 27.7 Å². The van der Waals surface area contributed by atoms with Crippen LogP contribution in [0.5, 0.6) is 5.75 Å². The zero-order valence-electron chi connectivity index (χ0n) is 10.5. The number of aromatic hydroxyl groups is 1. The van der Waals surface area contributed by atoms with E-state index >= 15 is 0 Å². The second-order valence-corrected chi connectivity index (χ2v) is 3.89. The summed E-state index contributed by atoms with van der Waals surface area (Å²) in [6.45, 7) is 6.89. The third-order valence-electron chi connectivity index (χ3n) is 2.76. The summed E-state index contributed by atoms with van der Waals surface area (Å²) in [7, 11) is 0. The van der Waals surface area contributed by atoms with Crippen molar-refractivity contribution in [3.8, 4) is 5.75 Å². The Morgan fingerprint density at radius 1 is 1.24 bits per heavy atom. The molecular weight excluding hydrogens is 220 g/mol. The van der Waals surface area contributed by atoms with Gasteiger partial charge in [0.15, 0.2) is 0 Å². The van der Waals surface area contributed by atoms with E-state index in [2.05, 4.69) is 4.74 Å². The molecular formula is C13H16O4. The second kappa shape index (κ2) is 4.99. The van der Waals surface area contributed by atoms with Crippen LogP contribution in [0.3, 0.4) is 0 Å². The number of Topliss-reactive ketones (excluding diaryl/α,β-unsaturated/α-hetero) is 1. The van der Waals surface area contributed by atoms with Gasteiger partial charge in [0.1, 0.15) is 5.75 Å². The maximum atomic E-state index is 11.9. The first-order valence-electron chi connectivity index (χ1n) is 5.41. The Morgan fingerprint density at radius 2 is 1.82 bits per heavy atom. The Kier molecular flexibility index (Phi) is 3.89. The van der Waals surface area contributed by atoms with E-state index in [9.17, 15) is 14.7 Å². The Hall–Kier alpha value is -1.84. The van der Waals surface area contributed by atoms with Crippen molar-refractivity contribution in [3.63, 3.8) is 0 Å². The highest BCUT2D eigenvalue weighted by Crippen LogP contribution is 2.26. The quantitative estimate of drug-likeness (QED) is 0.495. The van der Waals surface area contributed by atoms with Crippen molar-refractivity contribution in [3.05, 3.63) is 28.3 Å². The molecule has 0 heterocycles. The molecule has 0 aliphatic heterocycles. The number of phenols is 1. The van der Waals surface area contributed by atoms with Gasteiger partial charge in [-0.1, -0.05) is 0 Å². The van der Waals surface area contributed by atoms with Gasteiger partial charge in [0.25, 0.3) is 5.78 Å². The molecule has 0 saturated carbocycles. The molecule has 92 valence electrons. The minimum atomic E-state index is -0.858. The van der Waals surface area contributed by atoms with Crippen LogP contribution in [-0.4, -0.2) is 23.5 Å². The van der Waals surface area contributed by atoms with E-state index in [1.54, 1.807) is 27.7 Å². The van der Waals surface area contributed by atoms with Crippen LogP contribution in [0, 0.1) is 20.8 Å². The molecule has 0 aliphatic rings. The maximum absolute atomic E-state index is 11.9. The van der Waals surface area contributed by atoms with E-state index in [-0.39, 0.29) is 12.4 Å². The lowest BCUT2D eigenvalue weighted by molar-refractivity contribution is -0.137. The molecule has 17 heavy (non-hydrogen) atoms. The number of ketones is 1. The predicted molar refractivity (Wildman–Crippen MR) is 63.3 cm³/mol. The highest BCUT2D eigenvalue weighted by Gasteiger charge is 2.23. The van der Waals surface area contributed by atoms with Gasteiger partial charge >= 0.3 is 5.97 Å². The zero-order valence-corrected chi connectivity index (χ0v) is 10.5. The number of phenolic OH excluding ortho intramolecular Hbond substituents is 1. The molecule has 0 spiro atoms. The van der Waals surface area contributed by atoms with Crippen LogP contribution in [0.1, 0.15) is 34.0 Å². The van der Waals surface area contributed by atoms with E-state index in [1.165, 1.54) is 6.07 Å². The molecule has 0 aliphatic carbocycles. The lowest BCUT2D eigenvalue weighted by atomic mass is 9.94. The van der Waals surface area contributed by atoms with Crippen LogP contribution in [0.2, 0.25) is 0 Å². The van der Waals surface area contributed by atoms with Gasteiger partial charge in [-0.05, 0) is 50.5 Å². The normalized spacial score (nSPS) is 10.1. The molecule has 0 radical (unpaired) electrons. The van der Waals surface area contributed by atoms with E-state index < -0.39 is 11.8 Å². The highest BCUT2D eigenvalue weighted by atomic mass is 16.5. The summed E-state index contributed by atoms with van der Waals surface area (Å²) in [6.07, 6.45) is 0. The Morgan fingerprint density at radius 3 is 2.35 bits per heavy atom. The lowest BCUT2D eigenvalue weighted by Crippen LogP contribution is -2.20. The molecule has 0 saturated heterocycles. The summed E-state index contributed by atoms with van der Waals surface area (Å²) < 4.78 is 4.69. The average molecular weight is 236 g/mol. The van der Waals surface area contributed by atoms with Crippen molar-refractivity contribution in [1.29, 1.82) is 0 Å². The van der Waals surface area contributed by atoms with Crippen molar-refractivity contribution >= 4 is 11.8 Å². The lowest BCUT2D eigenvalue weighted by Gasteiger charge is -2.12. The minimum Gasteiger partial charge on any atom is -0.508 e. The molecule has 4 nitrogen and oxygen atoms in total.